The van der Waals surface area contributed by atoms with E-state index in [-0.39, 0.29) is 6.10 Å². The summed E-state index contributed by atoms with van der Waals surface area (Å²) in [5.41, 5.74) is 0. The van der Waals surface area contributed by atoms with Crippen LogP contribution in [0.15, 0.2) is 0 Å². The zero-order valence-corrected chi connectivity index (χ0v) is 6.68. The minimum atomic E-state index is 0.261. The first-order chi connectivity index (χ1) is 4.84. The monoisotopic (exact) mass is 138 g/mol. The Balaban J connectivity index is 2.03. The third kappa shape index (κ3) is 2.41. The van der Waals surface area contributed by atoms with E-state index in [1.165, 1.54) is 12.8 Å². The van der Waals surface area contributed by atoms with Crippen molar-refractivity contribution in [2.24, 2.45) is 0 Å². The summed E-state index contributed by atoms with van der Waals surface area (Å²) in [7, 11) is 0. The lowest BCUT2D eigenvalue weighted by molar-refractivity contribution is 0.403. The number of ether oxygens (including phenoxy) is 1. The summed E-state index contributed by atoms with van der Waals surface area (Å²) in [6, 6.07) is 0. The largest absolute Gasteiger partial charge is 0.356 e. The lowest BCUT2D eigenvalue weighted by atomic mass is 10.2. The molecular weight excluding hydrogens is 124 g/mol. The highest BCUT2D eigenvalue weighted by molar-refractivity contribution is 5.12. The predicted molar refractivity (Wildman–Crippen MR) is 41.6 cm³/mol. The first kappa shape index (κ1) is 7.63. The molecule has 0 aromatic carbocycles. The van der Waals surface area contributed by atoms with Crippen molar-refractivity contribution in [2.45, 2.75) is 45.3 Å². The molecule has 0 aromatic heterocycles. The van der Waals surface area contributed by atoms with Crippen molar-refractivity contribution in [2.75, 3.05) is 0 Å². The maximum atomic E-state index is 5.12. The van der Waals surface area contributed by atoms with Gasteiger partial charge in [-0.1, -0.05) is 19.3 Å². The van der Waals surface area contributed by atoms with Gasteiger partial charge >= 0.3 is 0 Å². The van der Waals surface area contributed by atoms with E-state index in [1.807, 2.05) is 0 Å². The third-order valence-electron chi connectivity index (χ3n) is 1.61. The van der Waals surface area contributed by atoms with E-state index in [9.17, 15) is 0 Å². The van der Waals surface area contributed by atoms with Crippen LogP contribution in [-0.2, 0) is 4.74 Å². The summed E-state index contributed by atoms with van der Waals surface area (Å²) in [4.78, 5) is 0. The second-order valence-corrected chi connectivity index (χ2v) is 2.69. The van der Waals surface area contributed by atoms with Gasteiger partial charge in [-0.3, -0.25) is 0 Å². The third-order valence-corrected chi connectivity index (χ3v) is 1.61. The van der Waals surface area contributed by atoms with Crippen LogP contribution in [0.4, 0.5) is 0 Å². The van der Waals surface area contributed by atoms with Crippen molar-refractivity contribution < 1.29 is 4.74 Å². The fourth-order valence-electron chi connectivity index (χ4n) is 0.775. The highest BCUT2D eigenvalue weighted by Crippen LogP contribution is 2.19. The molecule has 0 saturated carbocycles. The van der Waals surface area contributed by atoms with E-state index in [4.69, 9.17) is 4.74 Å². The van der Waals surface area contributed by atoms with Gasteiger partial charge in [-0.05, 0) is 13.3 Å². The van der Waals surface area contributed by atoms with Crippen LogP contribution in [0.25, 0.3) is 0 Å². The van der Waals surface area contributed by atoms with Gasteiger partial charge in [0, 0.05) is 6.42 Å². The van der Waals surface area contributed by atoms with Gasteiger partial charge in [-0.25, -0.2) is 0 Å². The van der Waals surface area contributed by atoms with E-state index in [0.29, 0.717) is 6.10 Å². The number of rotatable bonds is 2. The SMILES string of the molecule is CCCCC#C[C@@H]1O[C@@H]1C. The lowest BCUT2D eigenvalue weighted by Gasteiger charge is -1.82. The van der Waals surface area contributed by atoms with Crippen LogP contribution in [0, 0.1) is 11.8 Å². The molecule has 1 nitrogen and oxygen atoms in total. The van der Waals surface area contributed by atoms with E-state index in [0.717, 1.165) is 6.42 Å². The standard InChI is InChI=1S/C9H14O/c1-3-4-5-6-7-9-8(2)10-9/h8-9H,3-5H2,1-2H3/t8-,9+/m1/s1. The Morgan fingerprint density at radius 2 is 2.20 bits per heavy atom. The number of hydrogen-bond acceptors (Lipinski definition) is 1. The van der Waals surface area contributed by atoms with E-state index >= 15 is 0 Å². The molecule has 1 rings (SSSR count). The Kier molecular flexibility index (Phi) is 2.77. The van der Waals surface area contributed by atoms with Gasteiger partial charge in [0.15, 0.2) is 0 Å². The van der Waals surface area contributed by atoms with Gasteiger partial charge < -0.3 is 4.74 Å². The molecule has 2 atom stereocenters. The first-order valence-corrected chi connectivity index (χ1v) is 3.98. The summed E-state index contributed by atoms with van der Waals surface area (Å²) in [5, 5.41) is 0. The zero-order chi connectivity index (χ0) is 7.40. The Labute approximate surface area is 62.8 Å². The van der Waals surface area contributed by atoms with Gasteiger partial charge in [-0.15, -0.1) is 5.92 Å². The van der Waals surface area contributed by atoms with Gasteiger partial charge in [0.1, 0.15) is 6.10 Å². The fourth-order valence-corrected chi connectivity index (χ4v) is 0.775. The highest BCUT2D eigenvalue weighted by Gasteiger charge is 2.31. The van der Waals surface area contributed by atoms with Crippen molar-refractivity contribution in [1.29, 1.82) is 0 Å². The fraction of sp³-hybridized carbons (Fsp3) is 0.778. The van der Waals surface area contributed by atoms with Crippen molar-refractivity contribution in [3.8, 4) is 11.8 Å². The number of hydrogen-bond donors (Lipinski definition) is 0. The normalized spacial score (nSPS) is 29.0. The van der Waals surface area contributed by atoms with E-state index < -0.39 is 0 Å². The van der Waals surface area contributed by atoms with Gasteiger partial charge in [0.05, 0.1) is 6.10 Å². The highest BCUT2D eigenvalue weighted by atomic mass is 16.6. The summed E-state index contributed by atoms with van der Waals surface area (Å²) < 4.78 is 5.12. The molecule has 0 bridgehead atoms. The molecule has 1 aliphatic rings. The van der Waals surface area contributed by atoms with Gasteiger partial charge in [-0.2, -0.15) is 0 Å². The summed E-state index contributed by atoms with van der Waals surface area (Å²) in [5.74, 6) is 6.17. The lowest BCUT2D eigenvalue weighted by Crippen LogP contribution is -1.81. The van der Waals surface area contributed by atoms with Crippen LogP contribution in [0.2, 0.25) is 0 Å². The van der Waals surface area contributed by atoms with Crippen LogP contribution in [0.1, 0.15) is 33.1 Å². The molecule has 1 heteroatoms. The quantitative estimate of drug-likeness (QED) is 0.323. The molecule has 0 aliphatic carbocycles. The Morgan fingerprint density at radius 3 is 2.70 bits per heavy atom. The Morgan fingerprint density at radius 1 is 1.50 bits per heavy atom. The van der Waals surface area contributed by atoms with Gasteiger partial charge in [0.2, 0.25) is 0 Å². The molecule has 0 unspecified atom stereocenters. The van der Waals surface area contributed by atoms with Crippen LogP contribution >= 0.6 is 0 Å². The Bertz CT molecular complexity index is 152. The molecule has 1 heterocycles. The van der Waals surface area contributed by atoms with Crippen molar-refractivity contribution in [3.05, 3.63) is 0 Å². The van der Waals surface area contributed by atoms with Crippen LogP contribution < -0.4 is 0 Å². The molecule has 10 heavy (non-hydrogen) atoms. The van der Waals surface area contributed by atoms with E-state index in [1.54, 1.807) is 0 Å². The molecule has 0 aromatic rings. The molecule has 1 aliphatic heterocycles. The summed E-state index contributed by atoms with van der Waals surface area (Å²) in [6.07, 6.45) is 4.14. The molecule has 0 amide bonds. The average molecular weight is 138 g/mol. The average Bonchev–Trinajstić information content (AvgIpc) is 2.60. The van der Waals surface area contributed by atoms with Crippen LogP contribution in [0.5, 0.6) is 0 Å². The molecule has 1 saturated heterocycles. The predicted octanol–water partition coefficient (Wildman–Crippen LogP) is 1.97. The van der Waals surface area contributed by atoms with Gasteiger partial charge in [0.25, 0.3) is 0 Å². The Hall–Kier alpha value is -0.480. The topological polar surface area (TPSA) is 12.5 Å². The first-order valence-electron chi connectivity index (χ1n) is 3.98. The number of unbranched alkanes of at least 4 members (excludes halogenated alkanes) is 2. The minimum absolute atomic E-state index is 0.261. The van der Waals surface area contributed by atoms with Crippen molar-refractivity contribution in [1.82, 2.24) is 0 Å². The van der Waals surface area contributed by atoms with Crippen molar-refractivity contribution in [3.63, 3.8) is 0 Å². The molecule has 0 radical (unpaired) electrons. The summed E-state index contributed by atoms with van der Waals surface area (Å²) in [6.45, 7) is 4.23. The van der Waals surface area contributed by atoms with Crippen LogP contribution in [0.3, 0.4) is 0 Å². The molecule has 0 spiro atoms. The summed E-state index contributed by atoms with van der Waals surface area (Å²) >= 11 is 0. The molecule has 56 valence electrons. The molecule has 1 fully saturated rings. The maximum Gasteiger partial charge on any atom is 0.144 e. The smallest absolute Gasteiger partial charge is 0.144 e. The molecule has 0 N–H and O–H groups in total. The maximum absolute atomic E-state index is 5.12. The molecular formula is C9H14O. The zero-order valence-electron chi connectivity index (χ0n) is 6.68. The van der Waals surface area contributed by atoms with Crippen molar-refractivity contribution >= 4 is 0 Å². The number of epoxide rings is 1. The van der Waals surface area contributed by atoms with E-state index in [2.05, 4.69) is 25.7 Å². The minimum Gasteiger partial charge on any atom is -0.356 e. The second-order valence-electron chi connectivity index (χ2n) is 2.69. The van der Waals surface area contributed by atoms with Crippen LogP contribution in [-0.4, -0.2) is 12.2 Å². The second kappa shape index (κ2) is 3.63.